The lowest BCUT2D eigenvalue weighted by atomic mass is 10.1. The molecule has 0 aromatic heterocycles. The van der Waals surface area contributed by atoms with Crippen molar-refractivity contribution in [1.82, 2.24) is 5.32 Å². The van der Waals surface area contributed by atoms with E-state index >= 15 is 0 Å². The second kappa shape index (κ2) is 5.73. The van der Waals surface area contributed by atoms with Crippen LogP contribution in [0.5, 0.6) is 0 Å². The van der Waals surface area contributed by atoms with E-state index < -0.39 is 11.9 Å². The van der Waals surface area contributed by atoms with E-state index in [1.165, 1.54) is 5.56 Å². The number of benzene rings is 1. The molecule has 1 amide bonds. The quantitative estimate of drug-likeness (QED) is 0.751. The highest BCUT2D eigenvalue weighted by atomic mass is 16.4. The molecule has 5 nitrogen and oxygen atoms in total. The molecule has 0 radical (unpaired) electrons. The molecule has 0 spiro atoms. The second-order valence-corrected chi connectivity index (χ2v) is 4.83. The van der Waals surface area contributed by atoms with E-state index in [1.807, 2.05) is 18.2 Å². The minimum atomic E-state index is -0.837. The molecule has 0 saturated carbocycles. The zero-order valence-corrected chi connectivity index (χ0v) is 10.9. The molecule has 1 aliphatic heterocycles. The summed E-state index contributed by atoms with van der Waals surface area (Å²) >= 11 is 0. The number of carbonyl (C=O) groups excluding carboxylic acids is 1. The van der Waals surface area contributed by atoms with Gasteiger partial charge in [0.05, 0.1) is 5.92 Å². The summed E-state index contributed by atoms with van der Waals surface area (Å²) < 4.78 is 0. The van der Waals surface area contributed by atoms with Crippen molar-refractivity contribution in [3.05, 3.63) is 29.3 Å². The SMILES string of the molecule is CC(CCNC(=O)c1ccc2c(c1)NCC2)C(=O)O. The van der Waals surface area contributed by atoms with Gasteiger partial charge in [0, 0.05) is 24.3 Å². The maximum absolute atomic E-state index is 11.9. The molecular formula is C14H18N2O3. The first-order valence-corrected chi connectivity index (χ1v) is 6.45. The molecule has 0 fully saturated rings. The largest absolute Gasteiger partial charge is 0.481 e. The fourth-order valence-electron chi connectivity index (χ4n) is 2.06. The van der Waals surface area contributed by atoms with E-state index in [1.54, 1.807) is 6.92 Å². The Kier molecular flexibility index (Phi) is 4.04. The molecule has 5 heteroatoms. The molecule has 1 unspecified atom stereocenters. The highest BCUT2D eigenvalue weighted by molar-refractivity contribution is 5.95. The van der Waals surface area contributed by atoms with Crippen LogP contribution in [0.25, 0.3) is 0 Å². The van der Waals surface area contributed by atoms with Crippen molar-refractivity contribution in [2.24, 2.45) is 5.92 Å². The fourth-order valence-corrected chi connectivity index (χ4v) is 2.06. The van der Waals surface area contributed by atoms with Gasteiger partial charge in [-0.05, 0) is 30.5 Å². The van der Waals surface area contributed by atoms with E-state index in [0.29, 0.717) is 18.5 Å². The predicted octanol–water partition coefficient (Wildman–Crippen LogP) is 1.50. The third-order valence-corrected chi connectivity index (χ3v) is 3.37. The number of rotatable bonds is 5. The van der Waals surface area contributed by atoms with Gasteiger partial charge in [-0.1, -0.05) is 13.0 Å². The van der Waals surface area contributed by atoms with Crippen molar-refractivity contribution in [3.8, 4) is 0 Å². The first-order valence-electron chi connectivity index (χ1n) is 6.45. The molecule has 1 heterocycles. The Morgan fingerprint density at radius 2 is 2.26 bits per heavy atom. The van der Waals surface area contributed by atoms with Gasteiger partial charge in [-0.15, -0.1) is 0 Å². The zero-order valence-electron chi connectivity index (χ0n) is 10.9. The van der Waals surface area contributed by atoms with E-state index in [-0.39, 0.29) is 5.91 Å². The number of aliphatic carboxylic acids is 1. The van der Waals surface area contributed by atoms with Gasteiger partial charge in [-0.25, -0.2) is 0 Å². The van der Waals surface area contributed by atoms with Crippen LogP contribution in [0.2, 0.25) is 0 Å². The lowest BCUT2D eigenvalue weighted by molar-refractivity contribution is -0.141. The minimum absolute atomic E-state index is 0.158. The maximum Gasteiger partial charge on any atom is 0.306 e. The van der Waals surface area contributed by atoms with Gasteiger partial charge in [0.15, 0.2) is 0 Å². The molecular weight excluding hydrogens is 244 g/mol. The highest BCUT2D eigenvalue weighted by Gasteiger charge is 2.14. The van der Waals surface area contributed by atoms with E-state index in [0.717, 1.165) is 18.7 Å². The smallest absolute Gasteiger partial charge is 0.306 e. The number of hydrogen-bond donors (Lipinski definition) is 3. The first kappa shape index (κ1) is 13.4. The van der Waals surface area contributed by atoms with Crippen molar-refractivity contribution in [3.63, 3.8) is 0 Å². The van der Waals surface area contributed by atoms with Crippen LogP contribution in [0.1, 0.15) is 29.3 Å². The summed E-state index contributed by atoms with van der Waals surface area (Å²) in [6.07, 6.45) is 1.43. The summed E-state index contributed by atoms with van der Waals surface area (Å²) in [6, 6.07) is 5.62. The second-order valence-electron chi connectivity index (χ2n) is 4.83. The third-order valence-electron chi connectivity index (χ3n) is 3.37. The molecule has 1 aromatic carbocycles. The summed E-state index contributed by atoms with van der Waals surface area (Å²) in [5.41, 5.74) is 2.86. The van der Waals surface area contributed by atoms with Crippen LogP contribution < -0.4 is 10.6 Å². The molecule has 2 rings (SSSR count). The Bertz CT molecular complexity index is 499. The molecule has 1 aliphatic rings. The van der Waals surface area contributed by atoms with Gasteiger partial charge in [0.2, 0.25) is 0 Å². The van der Waals surface area contributed by atoms with Crippen LogP contribution in [-0.2, 0) is 11.2 Å². The normalized spacial score (nSPS) is 14.4. The molecule has 1 atom stereocenters. The first-order chi connectivity index (χ1) is 9.08. The number of amides is 1. The van der Waals surface area contributed by atoms with E-state index in [2.05, 4.69) is 10.6 Å². The van der Waals surface area contributed by atoms with Crippen molar-refractivity contribution < 1.29 is 14.7 Å². The molecule has 0 bridgehead atoms. The van der Waals surface area contributed by atoms with Crippen molar-refractivity contribution in [2.75, 3.05) is 18.4 Å². The van der Waals surface area contributed by atoms with Gasteiger partial charge < -0.3 is 15.7 Å². The third kappa shape index (κ3) is 3.24. The standard InChI is InChI=1S/C14H18N2O3/c1-9(14(18)19)4-6-16-13(17)11-3-2-10-5-7-15-12(10)8-11/h2-3,8-9,15H,4-7H2,1H3,(H,16,17)(H,18,19). The molecule has 0 saturated heterocycles. The van der Waals surface area contributed by atoms with Crippen LogP contribution in [0.15, 0.2) is 18.2 Å². The van der Waals surface area contributed by atoms with Crippen molar-refractivity contribution >= 4 is 17.6 Å². The van der Waals surface area contributed by atoms with Crippen LogP contribution in [-0.4, -0.2) is 30.1 Å². The fraction of sp³-hybridized carbons (Fsp3) is 0.429. The summed E-state index contributed by atoms with van der Waals surface area (Å²) in [7, 11) is 0. The molecule has 3 N–H and O–H groups in total. The Labute approximate surface area is 112 Å². The van der Waals surface area contributed by atoms with Crippen LogP contribution in [0.3, 0.4) is 0 Å². The summed E-state index contributed by atoms with van der Waals surface area (Å²) in [5.74, 6) is -1.44. The van der Waals surface area contributed by atoms with Gasteiger partial charge in [-0.2, -0.15) is 0 Å². The highest BCUT2D eigenvalue weighted by Crippen LogP contribution is 2.23. The number of nitrogens with one attached hydrogen (secondary N) is 2. The maximum atomic E-state index is 11.9. The Morgan fingerprint density at radius 1 is 1.47 bits per heavy atom. The topological polar surface area (TPSA) is 78.4 Å². The number of fused-ring (bicyclic) bond motifs is 1. The molecule has 0 aliphatic carbocycles. The lowest BCUT2D eigenvalue weighted by Gasteiger charge is -2.09. The Balaban J connectivity index is 1.88. The number of carboxylic acids is 1. The Morgan fingerprint density at radius 3 is 3.00 bits per heavy atom. The molecule has 1 aromatic rings. The van der Waals surface area contributed by atoms with E-state index in [4.69, 9.17) is 5.11 Å². The van der Waals surface area contributed by atoms with Gasteiger partial charge in [0.25, 0.3) is 5.91 Å². The number of hydrogen-bond acceptors (Lipinski definition) is 3. The predicted molar refractivity (Wildman–Crippen MR) is 72.4 cm³/mol. The zero-order chi connectivity index (χ0) is 13.8. The Hall–Kier alpha value is -2.04. The van der Waals surface area contributed by atoms with Crippen LogP contribution in [0, 0.1) is 5.92 Å². The van der Waals surface area contributed by atoms with E-state index in [9.17, 15) is 9.59 Å². The average Bonchev–Trinajstić information content (AvgIpc) is 2.85. The minimum Gasteiger partial charge on any atom is -0.481 e. The summed E-state index contributed by atoms with van der Waals surface area (Å²) in [4.78, 5) is 22.6. The van der Waals surface area contributed by atoms with Crippen molar-refractivity contribution in [2.45, 2.75) is 19.8 Å². The molecule has 102 valence electrons. The molecule has 19 heavy (non-hydrogen) atoms. The summed E-state index contributed by atoms with van der Waals surface area (Å²) in [5, 5.41) is 14.7. The number of anilines is 1. The van der Waals surface area contributed by atoms with Gasteiger partial charge in [0.1, 0.15) is 0 Å². The van der Waals surface area contributed by atoms with Crippen molar-refractivity contribution in [1.29, 1.82) is 0 Å². The van der Waals surface area contributed by atoms with Gasteiger partial charge in [-0.3, -0.25) is 9.59 Å². The van der Waals surface area contributed by atoms with Crippen LogP contribution >= 0.6 is 0 Å². The van der Waals surface area contributed by atoms with Gasteiger partial charge >= 0.3 is 5.97 Å². The number of carboxylic acid groups (broad SMARTS) is 1. The van der Waals surface area contributed by atoms with Crippen LogP contribution in [0.4, 0.5) is 5.69 Å². The summed E-state index contributed by atoms with van der Waals surface area (Å²) in [6.45, 7) is 2.92. The number of carbonyl (C=O) groups is 2. The lowest BCUT2D eigenvalue weighted by Crippen LogP contribution is -2.27. The average molecular weight is 262 g/mol. The monoisotopic (exact) mass is 262 g/mol.